The van der Waals surface area contributed by atoms with Crippen molar-refractivity contribution in [2.24, 2.45) is 0 Å². The van der Waals surface area contributed by atoms with Crippen molar-refractivity contribution in [3.63, 3.8) is 0 Å². The molecule has 0 spiro atoms. The zero-order valence-electron chi connectivity index (χ0n) is 7.73. The van der Waals surface area contributed by atoms with Gasteiger partial charge in [0, 0.05) is 11.6 Å². The van der Waals surface area contributed by atoms with Gasteiger partial charge in [0.05, 0.1) is 6.07 Å². The molecule has 2 heterocycles. The number of nitrogens with zero attached hydrogens (tertiary/aromatic N) is 1. The van der Waals surface area contributed by atoms with Gasteiger partial charge in [-0.1, -0.05) is 6.42 Å². The van der Waals surface area contributed by atoms with Gasteiger partial charge in [-0.15, -0.1) is 0 Å². The number of rotatable bonds is 2. The van der Waals surface area contributed by atoms with Gasteiger partial charge < -0.3 is 9.73 Å². The fraction of sp³-hybridized carbons (Fsp3) is 0.556. The average molecular weight is 196 g/mol. The molecule has 0 aliphatic carbocycles. The van der Waals surface area contributed by atoms with Crippen LogP contribution in [0.5, 0.6) is 0 Å². The number of hydrogen-bond donors (Lipinski definition) is 1. The van der Waals surface area contributed by atoms with Crippen LogP contribution >= 0.6 is 0 Å². The fourth-order valence-corrected chi connectivity index (χ4v) is 1.75. The van der Waals surface area contributed by atoms with Crippen LogP contribution in [0.2, 0.25) is 0 Å². The fourth-order valence-electron chi connectivity index (χ4n) is 1.75. The molecule has 1 atom stereocenters. The van der Waals surface area contributed by atoms with Crippen molar-refractivity contribution in [2.75, 3.05) is 6.54 Å². The van der Waals surface area contributed by atoms with Crippen molar-refractivity contribution in [2.45, 2.75) is 25.3 Å². The summed E-state index contributed by atoms with van der Waals surface area (Å²) in [7, 11) is 0. The lowest BCUT2D eigenvalue weighted by Crippen LogP contribution is -2.26. The highest BCUT2D eigenvalue weighted by Crippen LogP contribution is 2.27. The first-order chi connectivity index (χ1) is 6.77. The van der Waals surface area contributed by atoms with Gasteiger partial charge in [0.25, 0.3) is 0 Å². The Morgan fingerprint density at radius 3 is 3.00 bits per heavy atom. The summed E-state index contributed by atoms with van der Waals surface area (Å²) < 4.78 is 4.84. The van der Waals surface area contributed by atoms with Gasteiger partial charge in [-0.2, -0.15) is 0 Å². The molecule has 0 saturated carbocycles. The number of furan rings is 1. The minimum Gasteiger partial charge on any atom is -0.409 e. The molecule has 0 bridgehead atoms. The Balaban J connectivity index is 2.11. The van der Waals surface area contributed by atoms with Crippen molar-refractivity contribution >= 4 is 5.88 Å². The van der Waals surface area contributed by atoms with Crippen LogP contribution in [0, 0.1) is 10.1 Å². The average Bonchev–Trinajstić information content (AvgIpc) is 2.68. The maximum atomic E-state index is 10.4. The molecule has 1 aliphatic rings. The van der Waals surface area contributed by atoms with E-state index in [9.17, 15) is 10.1 Å². The third-order valence-electron chi connectivity index (χ3n) is 2.50. The number of nitro groups is 1. The van der Waals surface area contributed by atoms with E-state index in [0.29, 0.717) is 0 Å². The smallest absolute Gasteiger partial charge is 0.409 e. The summed E-state index contributed by atoms with van der Waals surface area (Å²) in [6.07, 6.45) is 4.84. The van der Waals surface area contributed by atoms with E-state index in [1.54, 1.807) is 0 Å². The van der Waals surface area contributed by atoms with E-state index in [1.165, 1.54) is 18.8 Å². The van der Waals surface area contributed by atoms with Gasteiger partial charge in [-0.3, -0.25) is 10.1 Å². The normalized spacial score (nSPS) is 22.1. The van der Waals surface area contributed by atoms with Gasteiger partial charge in [0.1, 0.15) is 11.2 Å². The lowest BCUT2D eigenvalue weighted by atomic mass is 10.00. The Bertz CT molecular complexity index is 329. The van der Waals surface area contributed by atoms with Crippen LogP contribution in [0.4, 0.5) is 5.88 Å². The standard InChI is InChI=1S/C9H12N2O3/c12-11(13)9-5-7(6-14-9)8-3-1-2-4-10-8/h5-6,8,10H,1-4H2. The molecule has 5 heteroatoms. The summed E-state index contributed by atoms with van der Waals surface area (Å²) in [5, 5.41) is 13.7. The molecule has 1 aromatic heterocycles. The first-order valence-electron chi connectivity index (χ1n) is 4.73. The summed E-state index contributed by atoms with van der Waals surface area (Å²) >= 11 is 0. The Hall–Kier alpha value is -1.36. The van der Waals surface area contributed by atoms with Crippen LogP contribution in [0.1, 0.15) is 30.9 Å². The van der Waals surface area contributed by atoms with E-state index in [4.69, 9.17) is 4.42 Å². The van der Waals surface area contributed by atoms with Gasteiger partial charge >= 0.3 is 5.88 Å². The third kappa shape index (κ3) is 1.77. The summed E-state index contributed by atoms with van der Waals surface area (Å²) in [6, 6.07) is 1.73. The maximum absolute atomic E-state index is 10.4. The zero-order chi connectivity index (χ0) is 9.97. The Morgan fingerprint density at radius 2 is 2.43 bits per heavy atom. The monoisotopic (exact) mass is 196 g/mol. The lowest BCUT2D eigenvalue weighted by Gasteiger charge is -2.21. The SMILES string of the molecule is O=[N+]([O-])c1cc(C2CCCCN2)co1. The first kappa shape index (κ1) is 9.21. The second kappa shape index (κ2) is 3.79. The van der Waals surface area contributed by atoms with Crippen molar-refractivity contribution in [3.05, 3.63) is 28.0 Å². The molecule has 0 aromatic carbocycles. The van der Waals surface area contributed by atoms with Crippen LogP contribution in [0.25, 0.3) is 0 Å². The van der Waals surface area contributed by atoms with Crippen molar-refractivity contribution < 1.29 is 9.34 Å². The summed E-state index contributed by atoms with van der Waals surface area (Å²) in [5.74, 6) is -0.174. The molecule has 1 N–H and O–H groups in total. The van der Waals surface area contributed by atoms with Crippen LogP contribution < -0.4 is 5.32 Å². The highest BCUT2D eigenvalue weighted by Gasteiger charge is 2.20. The predicted octanol–water partition coefficient (Wildman–Crippen LogP) is 2.00. The molecule has 1 saturated heterocycles. The van der Waals surface area contributed by atoms with Gasteiger partial charge in [-0.05, 0) is 19.4 Å². The minimum absolute atomic E-state index is 0.174. The maximum Gasteiger partial charge on any atom is 0.433 e. The molecule has 1 unspecified atom stereocenters. The van der Waals surface area contributed by atoms with E-state index in [2.05, 4.69) is 5.32 Å². The largest absolute Gasteiger partial charge is 0.433 e. The van der Waals surface area contributed by atoms with E-state index >= 15 is 0 Å². The second-order valence-electron chi connectivity index (χ2n) is 3.48. The predicted molar refractivity (Wildman–Crippen MR) is 50.0 cm³/mol. The van der Waals surface area contributed by atoms with Gasteiger partial charge in [0.15, 0.2) is 0 Å². The molecule has 76 valence electrons. The topological polar surface area (TPSA) is 68.3 Å². The zero-order valence-corrected chi connectivity index (χ0v) is 7.73. The van der Waals surface area contributed by atoms with Gasteiger partial charge in [0.2, 0.25) is 0 Å². The summed E-state index contributed by atoms with van der Waals surface area (Å²) in [6.45, 7) is 0.976. The van der Waals surface area contributed by atoms with Crippen molar-refractivity contribution in [1.29, 1.82) is 0 Å². The Kier molecular flexibility index (Phi) is 2.49. The Labute approximate surface area is 81.2 Å². The molecular formula is C9H12N2O3. The molecule has 0 amide bonds. The van der Waals surface area contributed by atoms with E-state index in [-0.39, 0.29) is 11.9 Å². The molecule has 1 aromatic rings. The van der Waals surface area contributed by atoms with Crippen LogP contribution in [-0.4, -0.2) is 11.5 Å². The Morgan fingerprint density at radius 1 is 1.57 bits per heavy atom. The minimum atomic E-state index is -0.508. The van der Waals surface area contributed by atoms with Crippen LogP contribution in [-0.2, 0) is 0 Å². The van der Waals surface area contributed by atoms with E-state index < -0.39 is 4.92 Å². The summed E-state index contributed by atoms with van der Waals surface area (Å²) in [4.78, 5) is 9.88. The highest BCUT2D eigenvalue weighted by atomic mass is 16.6. The summed E-state index contributed by atoms with van der Waals surface area (Å²) in [5.41, 5.74) is 0.886. The molecule has 2 rings (SSSR count). The van der Waals surface area contributed by atoms with Crippen molar-refractivity contribution in [1.82, 2.24) is 5.32 Å². The van der Waals surface area contributed by atoms with Crippen molar-refractivity contribution in [3.8, 4) is 0 Å². The highest BCUT2D eigenvalue weighted by molar-refractivity contribution is 5.25. The van der Waals surface area contributed by atoms with Gasteiger partial charge in [-0.25, -0.2) is 0 Å². The lowest BCUT2D eigenvalue weighted by molar-refractivity contribution is -0.402. The number of hydrogen-bond acceptors (Lipinski definition) is 4. The van der Waals surface area contributed by atoms with E-state index in [1.807, 2.05) is 0 Å². The van der Waals surface area contributed by atoms with E-state index in [0.717, 1.165) is 24.9 Å². The quantitative estimate of drug-likeness (QED) is 0.580. The third-order valence-corrected chi connectivity index (χ3v) is 2.50. The molecule has 1 aliphatic heterocycles. The van der Waals surface area contributed by atoms with Crippen LogP contribution in [0.3, 0.4) is 0 Å². The molecule has 14 heavy (non-hydrogen) atoms. The molecule has 1 fully saturated rings. The number of piperidine rings is 1. The molecule has 5 nitrogen and oxygen atoms in total. The molecule has 0 radical (unpaired) electrons. The number of nitrogens with one attached hydrogen (secondary N) is 1. The van der Waals surface area contributed by atoms with Crippen LogP contribution in [0.15, 0.2) is 16.7 Å². The second-order valence-corrected chi connectivity index (χ2v) is 3.48. The molecular weight excluding hydrogens is 184 g/mol. The first-order valence-corrected chi connectivity index (χ1v) is 4.73.